The van der Waals surface area contributed by atoms with E-state index in [0.29, 0.717) is 21.9 Å². The van der Waals surface area contributed by atoms with Gasteiger partial charge in [-0.25, -0.2) is 4.98 Å². The maximum Gasteiger partial charge on any atom is 0.251 e. The molecule has 0 aliphatic carbocycles. The molecule has 0 spiro atoms. The summed E-state index contributed by atoms with van der Waals surface area (Å²) in [5.74, 6) is 1.02. The molecule has 0 amide bonds. The molecule has 0 bridgehead atoms. The Morgan fingerprint density at radius 1 is 1.06 bits per heavy atom. The molecule has 0 saturated carbocycles. The Balaban J connectivity index is 0.000000480. The third-order valence-electron chi connectivity index (χ3n) is 3.45. The number of aryl methyl sites for hydroxylation is 2. The van der Waals surface area contributed by atoms with Gasteiger partial charge >= 0.3 is 0 Å². The summed E-state index contributed by atoms with van der Waals surface area (Å²) >= 11 is 22.2. The number of alkyl halides is 3. The van der Waals surface area contributed by atoms with Crippen LogP contribution in [0.2, 0.25) is 4.47 Å². The van der Waals surface area contributed by atoms with E-state index in [1.54, 1.807) is 0 Å². The van der Waals surface area contributed by atoms with Crippen LogP contribution >= 0.6 is 92.0 Å². The third-order valence-corrected chi connectivity index (χ3v) is 6.56. The lowest BCUT2D eigenvalue weighted by molar-refractivity contribution is 1.03. The van der Waals surface area contributed by atoms with Crippen molar-refractivity contribution < 1.29 is 0 Å². The van der Waals surface area contributed by atoms with Crippen LogP contribution in [0.4, 0.5) is 0 Å². The first-order valence-electron chi connectivity index (χ1n) is 8.77. The van der Waals surface area contributed by atoms with Crippen LogP contribution < -0.4 is 5.73 Å². The lowest BCUT2D eigenvalue weighted by Gasteiger charge is -1.99. The first-order valence-corrected chi connectivity index (χ1v) is 12.7. The van der Waals surface area contributed by atoms with Crippen molar-refractivity contribution in [3.05, 3.63) is 81.1 Å². The Morgan fingerprint density at radius 2 is 1.56 bits per heavy atom. The first-order chi connectivity index (χ1) is 14.5. The molecule has 3 N–H and O–H groups in total. The van der Waals surface area contributed by atoms with E-state index in [4.69, 9.17) is 68.2 Å². The number of benzene rings is 2. The minimum atomic E-state index is -1.36. The van der Waals surface area contributed by atoms with Crippen LogP contribution in [0.25, 0.3) is 0 Å². The van der Waals surface area contributed by atoms with E-state index >= 15 is 0 Å². The highest BCUT2D eigenvalue weighted by Crippen LogP contribution is 2.40. The van der Waals surface area contributed by atoms with Crippen molar-refractivity contribution in [1.82, 2.24) is 9.36 Å². The number of hydrogen-bond donors (Lipinski definition) is 2. The third kappa shape index (κ3) is 15.4. The highest BCUT2D eigenvalue weighted by molar-refractivity contribution is 8.24. The minimum Gasteiger partial charge on any atom is -0.387 e. The van der Waals surface area contributed by atoms with Crippen molar-refractivity contribution in [1.29, 1.82) is 5.41 Å². The van der Waals surface area contributed by atoms with Gasteiger partial charge in [-0.2, -0.15) is 4.37 Å². The number of nitrogens with two attached hydrogens (primary N) is 1. The molecule has 0 aliphatic rings. The van der Waals surface area contributed by atoms with Crippen LogP contribution in [0.5, 0.6) is 0 Å². The molecule has 4 nitrogen and oxygen atoms in total. The number of rotatable bonds is 4. The molecule has 12 heteroatoms. The van der Waals surface area contributed by atoms with Crippen LogP contribution in [-0.4, -0.2) is 18.3 Å². The van der Waals surface area contributed by atoms with Crippen molar-refractivity contribution in [3.63, 3.8) is 0 Å². The van der Waals surface area contributed by atoms with Crippen LogP contribution in [0.1, 0.15) is 28.1 Å². The number of hydrogen-bond acceptors (Lipinski definition) is 5. The van der Waals surface area contributed by atoms with Gasteiger partial charge in [-0.1, -0.05) is 94.5 Å². The molecular formula is C20H22Cl6N4S2. The number of nitrogens with one attached hydrogen (secondary N) is 1. The molecule has 3 aromatic rings. The van der Waals surface area contributed by atoms with E-state index in [9.17, 15) is 0 Å². The van der Waals surface area contributed by atoms with Gasteiger partial charge in [0.2, 0.25) is 4.47 Å². The van der Waals surface area contributed by atoms with Gasteiger partial charge in [0.25, 0.3) is 3.12 Å². The van der Waals surface area contributed by atoms with Crippen LogP contribution in [0, 0.1) is 19.3 Å². The zero-order chi connectivity index (χ0) is 23.4. The van der Waals surface area contributed by atoms with Gasteiger partial charge in [0.05, 0.1) is 5.84 Å². The first kappa shape index (κ1) is 31.6. The Hall–Kier alpha value is -0.440. The molecule has 3 rings (SSSR count). The average Bonchev–Trinajstić information content (AvgIpc) is 3.06. The fourth-order valence-electron chi connectivity index (χ4n) is 2.35. The summed E-state index contributed by atoms with van der Waals surface area (Å²) in [6.07, 6.45) is 1.31. The van der Waals surface area contributed by atoms with Gasteiger partial charge in [-0.05, 0) is 58.8 Å². The molecule has 0 radical (unpaired) electrons. The van der Waals surface area contributed by atoms with Gasteiger partial charge in [0.1, 0.15) is 5.82 Å². The Labute approximate surface area is 227 Å². The molecule has 0 unspecified atom stereocenters. The summed E-state index contributed by atoms with van der Waals surface area (Å²) in [5.41, 5.74) is 10.1. The predicted octanol–water partition coefficient (Wildman–Crippen LogP) is 8.19. The maximum absolute atomic E-state index is 7.08. The molecule has 0 aliphatic heterocycles. The average molecular weight is 595 g/mol. The molecule has 0 atom stereocenters. The molecular weight excluding hydrogens is 573 g/mol. The van der Waals surface area contributed by atoms with E-state index in [1.165, 1.54) is 28.2 Å². The lowest BCUT2D eigenvalue weighted by atomic mass is 10.1. The quantitative estimate of drug-likeness (QED) is 0.181. The largest absolute Gasteiger partial charge is 0.387 e. The van der Waals surface area contributed by atoms with E-state index in [1.807, 2.05) is 37.3 Å². The molecule has 2 aromatic carbocycles. The molecule has 1 heterocycles. The summed E-state index contributed by atoms with van der Waals surface area (Å²) in [4.78, 5) is 4.11. The van der Waals surface area contributed by atoms with Crippen molar-refractivity contribution >= 4 is 97.8 Å². The van der Waals surface area contributed by atoms with E-state index in [2.05, 4.69) is 34.5 Å². The maximum atomic E-state index is 7.08. The zero-order valence-electron chi connectivity index (χ0n) is 17.1. The van der Waals surface area contributed by atoms with E-state index in [0.717, 1.165) is 17.8 Å². The van der Waals surface area contributed by atoms with E-state index < -0.39 is 3.12 Å². The standard InChI is InChI=1S/C10H9ClN2S.C9H12N2.CCl4S.ClH/c1-7-3-2-4-8(5-7)6-9-12-10(11)14-13-9;1-7-3-2-4-8(5-7)6-9(10)11;2-1(3,4)6-5;/h2-5H,6H2,1H3;2-5H,6H2,1H3,(H3,10,11);;1H. The summed E-state index contributed by atoms with van der Waals surface area (Å²) in [5, 5.41) is 7.08. The van der Waals surface area contributed by atoms with Crippen LogP contribution in [0.15, 0.2) is 48.5 Å². The monoisotopic (exact) mass is 592 g/mol. The second-order valence-electron chi connectivity index (χ2n) is 6.34. The summed E-state index contributed by atoms with van der Waals surface area (Å²) in [7, 11) is 5.65. The number of halogens is 6. The smallest absolute Gasteiger partial charge is 0.251 e. The van der Waals surface area contributed by atoms with Crippen LogP contribution in [0.3, 0.4) is 0 Å². The van der Waals surface area contributed by atoms with E-state index in [-0.39, 0.29) is 18.2 Å². The fraction of sp³-hybridized carbons (Fsp3) is 0.250. The highest BCUT2D eigenvalue weighted by atomic mass is 35.7. The highest BCUT2D eigenvalue weighted by Gasteiger charge is 2.17. The number of aromatic nitrogens is 2. The zero-order valence-corrected chi connectivity index (χ0v) is 23.3. The molecule has 1 aromatic heterocycles. The SMILES string of the molecule is Cc1cccc(CC(=N)N)c1.Cc1cccc(Cc2nsc(Cl)n2)c1.Cl.ClSC(Cl)(Cl)Cl. The Bertz CT molecular complexity index is 963. The van der Waals surface area contributed by atoms with Crippen molar-refractivity contribution in [3.8, 4) is 0 Å². The lowest BCUT2D eigenvalue weighted by Crippen LogP contribution is -2.12. The number of nitrogens with zero attached hydrogens (tertiary/aromatic N) is 2. The summed E-state index contributed by atoms with van der Waals surface area (Å²) in [6, 6.07) is 16.4. The predicted molar refractivity (Wildman–Crippen MR) is 147 cm³/mol. The van der Waals surface area contributed by atoms with Crippen molar-refractivity contribution in [2.45, 2.75) is 29.8 Å². The fourth-order valence-corrected chi connectivity index (χ4v) is 2.98. The van der Waals surface area contributed by atoms with Crippen LogP contribution in [-0.2, 0) is 12.8 Å². The second kappa shape index (κ2) is 16.2. The molecule has 32 heavy (non-hydrogen) atoms. The second-order valence-corrected chi connectivity index (χ2v) is 11.9. The number of amidine groups is 1. The van der Waals surface area contributed by atoms with Gasteiger partial charge < -0.3 is 5.73 Å². The van der Waals surface area contributed by atoms with Gasteiger partial charge in [0, 0.05) is 23.8 Å². The topological polar surface area (TPSA) is 75.7 Å². The Kier molecular flexibility index (Phi) is 16.0. The van der Waals surface area contributed by atoms with Gasteiger partial charge in [0.15, 0.2) is 0 Å². The summed E-state index contributed by atoms with van der Waals surface area (Å²) < 4.78 is 3.29. The molecule has 176 valence electrons. The minimum absolute atomic E-state index is 0. The molecule has 0 saturated heterocycles. The Morgan fingerprint density at radius 3 is 1.97 bits per heavy atom. The normalized spacial score (nSPS) is 10.1. The van der Waals surface area contributed by atoms with Gasteiger partial charge in [-0.15, -0.1) is 12.4 Å². The molecule has 0 fully saturated rings. The van der Waals surface area contributed by atoms with Crippen molar-refractivity contribution in [2.24, 2.45) is 5.73 Å². The summed E-state index contributed by atoms with van der Waals surface area (Å²) in [6.45, 7) is 4.11. The van der Waals surface area contributed by atoms with Crippen molar-refractivity contribution in [2.75, 3.05) is 0 Å². The van der Waals surface area contributed by atoms with Gasteiger partial charge in [-0.3, -0.25) is 5.41 Å².